The maximum Gasteiger partial charge on any atom is 0.145 e. The van der Waals surface area contributed by atoms with E-state index in [9.17, 15) is 4.39 Å². The van der Waals surface area contributed by atoms with Crippen molar-refractivity contribution < 1.29 is 14.0 Å². The van der Waals surface area contributed by atoms with Gasteiger partial charge in [0.1, 0.15) is 17.7 Å². The molecule has 23 heavy (non-hydrogen) atoms. The molecule has 120 valence electrons. The predicted molar refractivity (Wildman–Crippen MR) is 87.1 cm³/mol. The van der Waals surface area contributed by atoms with Crippen LogP contribution in [0, 0.1) is 5.82 Å². The van der Waals surface area contributed by atoms with E-state index in [1.807, 2.05) is 24.3 Å². The molecule has 2 aromatic rings. The molecule has 0 aliphatic carbocycles. The summed E-state index contributed by atoms with van der Waals surface area (Å²) in [5.41, 5.74) is 2.92. The fraction of sp³-hybridized carbons (Fsp3) is 0.278. The van der Waals surface area contributed by atoms with Gasteiger partial charge in [0, 0.05) is 19.5 Å². The minimum absolute atomic E-state index is 0.000612. The van der Waals surface area contributed by atoms with Gasteiger partial charge >= 0.3 is 0 Å². The van der Waals surface area contributed by atoms with Gasteiger partial charge in [-0.3, -0.25) is 0 Å². The Morgan fingerprint density at radius 2 is 2.09 bits per heavy atom. The van der Waals surface area contributed by atoms with Crippen molar-refractivity contribution in [2.45, 2.75) is 19.1 Å². The summed E-state index contributed by atoms with van der Waals surface area (Å²) in [5, 5.41) is 7.47. The first-order valence-electron chi connectivity index (χ1n) is 7.57. The molecule has 2 aromatic carbocycles. The molecule has 0 fully saturated rings. The van der Waals surface area contributed by atoms with Crippen LogP contribution >= 0.6 is 0 Å². The van der Waals surface area contributed by atoms with Crippen LogP contribution < -0.4 is 10.1 Å². The normalized spacial score (nSPS) is 16.8. The van der Waals surface area contributed by atoms with E-state index in [-0.39, 0.29) is 11.9 Å². The molecule has 5 heteroatoms. The van der Waals surface area contributed by atoms with Gasteiger partial charge < -0.3 is 14.9 Å². The van der Waals surface area contributed by atoms with E-state index >= 15 is 0 Å². The summed E-state index contributed by atoms with van der Waals surface area (Å²) in [4.78, 5) is 5.44. The second kappa shape index (κ2) is 7.24. The minimum Gasteiger partial charge on any atom is -0.497 e. The molecular formula is C18H19FN2O2. The zero-order chi connectivity index (χ0) is 16.1. The summed E-state index contributed by atoms with van der Waals surface area (Å²) in [6.45, 7) is 1.44. The molecule has 0 saturated carbocycles. The van der Waals surface area contributed by atoms with Gasteiger partial charge in [0.15, 0.2) is 0 Å². The van der Waals surface area contributed by atoms with Crippen LogP contribution in [-0.4, -0.2) is 25.5 Å². The number of nitrogens with one attached hydrogen (secondary N) is 1. The molecule has 1 N–H and O–H groups in total. The van der Waals surface area contributed by atoms with E-state index in [0.29, 0.717) is 6.54 Å². The molecule has 0 aromatic heterocycles. The van der Waals surface area contributed by atoms with Gasteiger partial charge in [-0.25, -0.2) is 4.39 Å². The largest absolute Gasteiger partial charge is 0.497 e. The Bertz CT molecular complexity index is 686. The Labute approximate surface area is 134 Å². The number of rotatable bonds is 6. The highest BCUT2D eigenvalue weighted by molar-refractivity contribution is 6.01. The van der Waals surface area contributed by atoms with Gasteiger partial charge in [-0.05, 0) is 35.4 Å². The van der Waals surface area contributed by atoms with Gasteiger partial charge in [-0.15, -0.1) is 0 Å². The Balaban J connectivity index is 1.47. The summed E-state index contributed by atoms with van der Waals surface area (Å²) < 4.78 is 18.2. The number of ether oxygens (including phenoxy) is 1. The molecule has 0 spiro atoms. The van der Waals surface area contributed by atoms with Crippen molar-refractivity contribution in [3.63, 3.8) is 0 Å². The average molecular weight is 314 g/mol. The van der Waals surface area contributed by atoms with Crippen molar-refractivity contribution in [3.8, 4) is 5.75 Å². The standard InChI is InChI=1S/C18H19FN2O2/c1-22-16-4-2-3-13(9-16)11-20-12-17-10-18(21-23-17)14-5-7-15(19)8-6-14/h2-9,17,20H,10-12H2,1H3/t17-/m0/s1. The van der Waals surface area contributed by atoms with E-state index in [0.717, 1.165) is 35.6 Å². The van der Waals surface area contributed by atoms with Crippen LogP contribution in [0.1, 0.15) is 17.5 Å². The number of hydrogen-bond acceptors (Lipinski definition) is 4. The third-order valence-electron chi connectivity index (χ3n) is 3.75. The second-order valence-corrected chi connectivity index (χ2v) is 5.46. The molecule has 3 rings (SSSR count). The Hall–Kier alpha value is -2.40. The smallest absolute Gasteiger partial charge is 0.145 e. The monoisotopic (exact) mass is 314 g/mol. The van der Waals surface area contributed by atoms with Gasteiger partial charge in [-0.1, -0.05) is 29.4 Å². The zero-order valence-corrected chi connectivity index (χ0v) is 13.0. The highest BCUT2D eigenvalue weighted by Crippen LogP contribution is 2.17. The third kappa shape index (κ3) is 4.07. The average Bonchev–Trinajstić information content (AvgIpc) is 3.04. The molecule has 4 nitrogen and oxygen atoms in total. The maximum absolute atomic E-state index is 12.9. The van der Waals surface area contributed by atoms with Gasteiger partial charge in [0.2, 0.25) is 0 Å². The maximum atomic E-state index is 12.9. The van der Waals surface area contributed by atoms with E-state index in [2.05, 4.69) is 10.5 Å². The van der Waals surface area contributed by atoms with Crippen LogP contribution in [0.25, 0.3) is 0 Å². The first-order valence-corrected chi connectivity index (χ1v) is 7.57. The Morgan fingerprint density at radius 1 is 1.26 bits per heavy atom. The first kappa shape index (κ1) is 15.5. The molecule has 0 radical (unpaired) electrons. The molecule has 1 heterocycles. The molecule has 1 aliphatic heterocycles. The summed E-state index contributed by atoms with van der Waals surface area (Å²) in [6, 6.07) is 14.3. The number of benzene rings is 2. The number of nitrogens with zero attached hydrogens (tertiary/aromatic N) is 1. The molecule has 0 bridgehead atoms. The van der Waals surface area contributed by atoms with Crippen molar-refractivity contribution >= 4 is 5.71 Å². The number of methoxy groups -OCH3 is 1. The van der Waals surface area contributed by atoms with Gasteiger partial charge in [-0.2, -0.15) is 0 Å². The van der Waals surface area contributed by atoms with Crippen molar-refractivity contribution in [3.05, 3.63) is 65.5 Å². The van der Waals surface area contributed by atoms with Crippen LogP contribution in [0.2, 0.25) is 0 Å². The lowest BCUT2D eigenvalue weighted by Crippen LogP contribution is -2.26. The number of hydrogen-bond donors (Lipinski definition) is 1. The Morgan fingerprint density at radius 3 is 2.87 bits per heavy atom. The van der Waals surface area contributed by atoms with E-state index in [1.165, 1.54) is 12.1 Å². The number of halogens is 1. The quantitative estimate of drug-likeness (QED) is 0.891. The minimum atomic E-state index is -0.246. The van der Waals surface area contributed by atoms with Gasteiger partial charge in [0.25, 0.3) is 0 Å². The fourth-order valence-electron chi connectivity index (χ4n) is 2.51. The van der Waals surface area contributed by atoms with Crippen LogP contribution in [-0.2, 0) is 11.4 Å². The van der Waals surface area contributed by atoms with Crippen LogP contribution in [0.4, 0.5) is 4.39 Å². The summed E-state index contributed by atoms with van der Waals surface area (Å²) >= 11 is 0. The SMILES string of the molecule is COc1cccc(CNC[C@@H]2CC(c3ccc(F)cc3)=NO2)c1. The van der Waals surface area contributed by atoms with Crippen LogP contribution in [0.3, 0.4) is 0 Å². The predicted octanol–water partition coefficient (Wildman–Crippen LogP) is 3.12. The fourth-order valence-corrected chi connectivity index (χ4v) is 2.51. The molecule has 0 unspecified atom stereocenters. The lowest BCUT2D eigenvalue weighted by atomic mass is 10.0. The summed E-state index contributed by atoms with van der Waals surface area (Å²) in [6.07, 6.45) is 0.720. The topological polar surface area (TPSA) is 42.8 Å². The van der Waals surface area contributed by atoms with Gasteiger partial charge in [0.05, 0.1) is 12.8 Å². The number of oxime groups is 1. The van der Waals surface area contributed by atoms with E-state index in [1.54, 1.807) is 19.2 Å². The van der Waals surface area contributed by atoms with Crippen molar-refractivity contribution in [2.75, 3.05) is 13.7 Å². The van der Waals surface area contributed by atoms with Crippen molar-refractivity contribution in [2.24, 2.45) is 5.16 Å². The molecule has 1 aliphatic rings. The molecule has 0 saturated heterocycles. The molecular weight excluding hydrogens is 295 g/mol. The second-order valence-electron chi connectivity index (χ2n) is 5.46. The van der Waals surface area contributed by atoms with Crippen molar-refractivity contribution in [1.29, 1.82) is 0 Å². The van der Waals surface area contributed by atoms with Crippen LogP contribution in [0.15, 0.2) is 53.7 Å². The van der Waals surface area contributed by atoms with E-state index in [4.69, 9.17) is 9.57 Å². The highest BCUT2D eigenvalue weighted by atomic mass is 19.1. The third-order valence-corrected chi connectivity index (χ3v) is 3.75. The van der Waals surface area contributed by atoms with Crippen LogP contribution in [0.5, 0.6) is 5.75 Å². The molecule has 1 atom stereocenters. The highest BCUT2D eigenvalue weighted by Gasteiger charge is 2.21. The van der Waals surface area contributed by atoms with Crippen molar-refractivity contribution in [1.82, 2.24) is 5.32 Å². The Kier molecular flexibility index (Phi) is 4.88. The summed E-state index contributed by atoms with van der Waals surface area (Å²) in [5.74, 6) is 0.605. The van der Waals surface area contributed by atoms with E-state index < -0.39 is 0 Å². The zero-order valence-electron chi connectivity index (χ0n) is 13.0. The molecule has 0 amide bonds. The lowest BCUT2D eigenvalue weighted by Gasteiger charge is -2.10. The first-order chi connectivity index (χ1) is 11.2. The lowest BCUT2D eigenvalue weighted by molar-refractivity contribution is 0.0848. The summed E-state index contributed by atoms with van der Waals surface area (Å²) in [7, 11) is 1.66.